The van der Waals surface area contributed by atoms with Crippen molar-refractivity contribution in [1.82, 2.24) is 4.57 Å². The molecule has 54 heavy (non-hydrogen) atoms. The van der Waals surface area contributed by atoms with E-state index in [0.717, 1.165) is 22.7 Å². The van der Waals surface area contributed by atoms with Crippen LogP contribution in [0.1, 0.15) is 0 Å². The molecule has 10 aromatic rings. The van der Waals surface area contributed by atoms with Crippen LogP contribution < -0.4 is 4.90 Å². The molecular formula is C52H36N2. The molecular weight excluding hydrogens is 653 g/mol. The molecule has 2 nitrogen and oxygen atoms in total. The third-order valence-electron chi connectivity index (χ3n) is 10.6. The van der Waals surface area contributed by atoms with E-state index in [2.05, 4.69) is 228 Å². The molecule has 0 aliphatic rings. The van der Waals surface area contributed by atoms with E-state index in [1.807, 2.05) is 0 Å². The van der Waals surface area contributed by atoms with E-state index in [1.165, 1.54) is 66.0 Å². The number of para-hydroxylation sites is 3. The van der Waals surface area contributed by atoms with Gasteiger partial charge < -0.3 is 9.47 Å². The highest BCUT2D eigenvalue weighted by molar-refractivity contribution is 6.09. The average molecular weight is 689 g/mol. The third-order valence-corrected chi connectivity index (χ3v) is 10.6. The smallest absolute Gasteiger partial charge is 0.0541 e. The molecule has 0 N–H and O–H groups in total. The minimum Gasteiger partial charge on any atom is -0.310 e. The molecule has 2 heteroatoms. The number of hydrogen-bond acceptors (Lipinski definition) is 1. The second kappa shape index (κ2) is 13.4. The number of anilines is 3. The van der Waals surface area contributed by atoms with Gasteiger partial charge in [0.2, 0.25) is 0 Å². The van der Waals surface area contributed by atoms with Crippen LogP contribution >= 0.6 is 0 Å². The van der Waals surface area contributed by atoms with Gasteiger partial charge in [0.1, 0.15) is 0 Å². The molecule has 0 aliphatic carbocycles. The van der Waals surface area contributed by atoms with E-state index in [-0.39, 0.29) is 0 Å². The van der Waals surface area contributed by atoms with Crippen molar-refractivity contribution in [1.29, 1.82) is 0 Å². The highest BCUT2D eigenvalue weighted by atomic mass is 15.1. The summed E-state index contributed by atoms with van der Waals surface area (Å²) in [6.07, 6.45) is 0. The van der Waals surface area contributed by atoms with Gasteiger partial charge in [-0.3, -0.25) is 0 Å². The van der Waals surface area contributed by atoms with Crippen molar-refractivity contribution in [2.75, 3.05) is 4.90 Å². The Morgan fingerprint density at radius 2 is 0.796 bits per heavy atom. The van der Waals surface area contributed by atoms with Crippen molar-refractivity contribution >= 4 is 49.6 Å². The lowest BCUT2D eigenvalue weighted by atomic mass is 9.91. The molecule has 0 amide bonds. The standard InChI is InChI=1S/C52H36N2/c1-3-14-39(15-4-1)46-24-12-16-40-17-13-25-47(52(40)46)41-18-11-21-45(36-41)53(42-19-5-2-6-20-42)43-32-28-37(29-33-43)38-30-34-44(35-31-38)54-50-26-9-7-22-48(50)49-23-8-10-27-51(49)54/h1-36H. The maximum atomic E-state index is 2.37. The Balaban J connectivity index is 1.02. The van der Waals surface area contributed by atoms with Crippen LogP contribution in [-0.2, 0) is 0 Å². The summed E-state index contributed by atoms with van der Waals surface area (Å²) in [4.78, 5) is 2.35. The van der Waals surface area contributed by atoms with Gasteiger partial charge in [-0.25, -0.2) is 0 Å². The molecule has 254 valence electrons. The second-order valence-electron chi connectivity index (χ2n) is 13.8. The lowest BCUT2D eigenvalue weighted by Gasteiger charge is -2.26. The fourth-order valence-corrected chi connectivity index (χ4v) is 8.08. The summed E-state index contributed by atoms with van der Waals surface area (Å²) in [5.41, 5.74) is 14.2. The Hall–Kier alpha value is -7.16. The minimum absolute atomic E-state index is 1.10. The third kappa shape index (κ3) is 5.53. The summed E-state index contributed by atoms with van der Waals surface area (Å²) in [5.74, 6) is 0. The van der Waals surface area contributed by atoms with Crippen LogP contribution in [-0.4, -0.2) is 4.57 Å². The van der Waals surface area contributed by atoms with Crippen molar-refractivity contribution in [3.63, 3.8) is 0 Å². The Morgan fingerprint density at radius 1 is 0.315 bits per heavy atom. The van der Waals surface area contributed by atoms with Gasteiger partial charge in [0.15, 0.2) is 0 Å². The lowest BCUT2D eigenvalue weighted by molar-refractivity contribution is 1.18. The first-order valence-corrected chi connectivity index (χ1v) is 18.5. The second-order valence-corrected chi connectivity index (χ2v) is 13.8. The molecule has 0 aliphatic heterocycles. The Kier molecular flexibility index (Phi) is 7.85. The summed E-state index contributed by atoms with van der Waals surface area (Å²) in [7, 11) is 0. The predicted molar refractivity (Wildman–Crippen MR) is 229 cm³/mol. The van der Waals surface area contributed by atoms with Crippen molar-refractivity contribution in [2.24, 2.45) is 0 Å². The van der Waals surface area contributed by atoms with Gasteiger partial charge in [-0.1, -0.05) is 158 Å². The Morgan fingerprint density at radius 3 is 1.44 bits per heavy atom. The van der Waals surface area contributed by atoms with Crippen LogP contribution in [0.2, 0.25) is 0 Å². The van der Waals surface area contributed by atoms with Gasteiger partial charge in [-0.05, 0) is 105 Å². The van der Waals surface area contributed by atoms with Gasteiger partial charge in [0.05, 0.1) is 11.0 Å². The highest BCUT2D eigenvalue weighted by Gasteiger charge is 2.16. The van der Waals surface area contributed by atoms with Crippen molar-refractivity contribution in [2.45, 2.75) is 0 Å². The number of aromatic nitrogens is 1. The Bertz CT molecular complexity index is 2850. The molecule has 0 fully saturated rings. The molecule has 1 aromatic heterocycles. The zero-order valence-electron chi connectivity index (χ0n) is 29.7. The van der Waals surface area contributed by atoms with Gasteiger partial charge in [-0.2, -0.15) is 0 Å². The normalized spacial score (nSPS) is 11.3. The van der Waals surface area contributed by atoms with Gasteiger partial charge >= 0.3 is 0 Å². The lowest BCUT2D eigenvalue weighted by Crippen LogP contribution is -2.09. The van der Waals surface area contributed by atoms with Crippen molar-refractivity contribution in [3.05, 3.63) is 218 Å². The molecule has 1 heterocycles. The summed E-state index contributed by atoms with van der Waals surface area (Å²) in [6, 6.07) is 78.7. The minimum atomic E-state index is 1.10. The number of fused-ring (bicyclic) bond motifs is 4. The first kappa shape index (κ1) is 31.6. The van der Waals surface area contributed by atoms with E-state index >= 15 is 0 Å². The molecule has 0 bridgehead atoms. The van der Waals surface area contributed by atoms with Crippen LogP contribution in [0.15, 0.2) is 218 Å². The monoisotopic (exact) mass is 688 g/mol. The first-order valence-electron chi connectivity index (χ1n) is 18.5. The van der Waals surface area contributed by atoms with Crippen LogP contribution in [0.5, 0.6) is 0 Å². The van der Waals surface area contributed by atoms with E-state index in [4.69, 9.17) is 0 Å². The maximum Gasteiger partial charge on any atom is 0.0541 e. The van der Waals surface area contributed by atoms with Gasteiger partial charge in [0, 0.05) is 33.5 Å². The van der Waals surface area contributed by atoms with Gasteiger partial charge in [-0.15, -0.1) is 0 Å². The summed E-state index contributed by atoms with van der Waals surface area (Å²) in [6.45, 7) is 0. The molecule has 0 saturated carbocycles. The zero-order chi connectivity index (χ0) is 35.8. The number of hydrogen-bond donors (Lipinski definition) is 0. The molecule has 0 atom stereocenters. The summed E-state index contributed by atoms with van der Waals surface area (Å²) >= 11 is 0. The molecule has 0 unspecified atom stereocenters. The van der Waals surface area contributed by atoms with Crippen LogP contribution in [0.25, 0.3) is 71.6 Å². The quantitative estimate of drug-likeness (QED) is 0.162. The SMILES string of the molecule is c1ccc(-c2cccc3cccc(-c4cccc(N(c5ccccc5)c5ccc(-c6ccc(-n7c8ccccc8c8ccccc87)cc6)cc5)c4)c23)cc1. The van der Waals surface area contributed by atoms with E-state index in [0.29, 0.717) is 0 Å². The fraction of sp³-hybridized carbons (Fsp3) is 0. The molecule has 0 radical (unpaired) electrons. The zero-order valence-corrected chi connectivity index (χ0v) is 29.7. The van der Waals surface area contributed by atoms with E-state index in [9.17, 15) is 0 Å². The predicted octanol–water partition coefficient (Wildman–Crippen LogP) is 14.4. The summed E-state index contributed by atoms with van der Waals surface area (Å²) in [5, 5.41) is 5.05. The van der Waals surface area contributed by atoms with E-state index in [1.54, 1.807) is 0 Å². The maximum absolute atomic E-state index is 2.37. The van der Waals surface area contributed by atoms with Crippen LogP contribution in [0, 0.1) is 0 Å². The first-order chi connectivity index (χ1) is 26.8. The molecule has 9 aromatic carbocycles. The van der Waals surface area contributed by atoms with E-state index < -0.39 is 0 Å². The molecule has 10 rings (SSSR count). The number of nitrogens with zero attached hydrogens (tertiary/aromatic N) is 2. The van der Waals surface area contributed by atoms with Crippen LogP contribution in [0.3, 0.4) is 0 Å². The number of benzene rings is 9. The highest BCUT2D eigenvalue weighted by Crippen LogP contribution is 2.41. The van der Waals surface area contributed by atoms with Crippen molar-refractivity contribution in [3.8, 4) is 39.1 Å². The largest absolute Gasteiger partial charge is 0.310 e. The average Bonchev–Trinajstić information content (AvgIpc) is 3.59. The van der Waals surface area contributed by atoms with Crippen molar-refractivity contribution < 1.29 is 0 Å². The topological polar surface area (TPSA) is 8.17 Å². The molecule has 0 spiro atoms. The van der Waals surface area contributed by atoms with Gasteiger partial charge in [0.25, 0.3) is 0 Å². The van der Waals surface area contributed by atoms with Crippen LogP contribution in [0.4, 0.5) is 17.1 Å². The number of rotatable bonds is 7. The molecule has 0 saturated heterocycles. The Labute approximate surface area is 315 Å². The summed E-state index contributed by atoms with van der Waals surface area (Å²) < 4.78 is 2.37. The fourth-order valence-electron chi connectivity index (χ4n) is 8.08.